The first-order valence-corrected chi connectivity index (χ1v) is 9.98. The van der Waals surface area contributed by atoms with Crippen molar-refractivity contribution >= 4 is 5.91 Å². The van der Waals surface area contributed by atoms with Crippen LogP contribution in [-0.2, 0) is 4.79 Å². The molecule has 0 radical (unpaired) electrons. The Morgan fingerprint density at radius 3 is 2.41 bits per heavy atom. The van der Waals surface area contributed by atoms with E-state index in [0.29, 0.717) is 12.0 Å². The van der Waals surface area contributed by atoms with E-state index in [2.05, 4.69) is 46.0 Å². The normalized spacial score (nSPS) is 18.3. The lowest BCUT2D eigenvalue weighted by Gasteiger charge is -2.15. The summed E-state index contributed by atoms with van der Waals surface area (Å²) in [5, 5.41) is 20.5. The summed E-state index contributed by atoms with van der Waals surface area (Å²) < 4.78 is 1.99. The van der Waals surface area contributed by atoms with Crippen LogP contribution >= 0.6 is 0 Å². The summed E-state index contributed by atoms with van der Waals surface area (Å²) >= 11 is 0. The molecule has 1 saturated carbocycles. The van der Waals surface area contributed by atoms with Crippen LogP contribution in [0.3, 0.4) is 0 Å². The summed E-state index contributed by atoms with van der Waals surface area (Å²) in [6.07, 6.45) is 5.14. The molecular formula is C23H23N5O. The number of hydrogen-bond acceptors (Lipinski definition) is 4. The predicted molar refractivity (Wildman–Crippen MR) is 111 cm³/mol. The van der Waals surface area contributed by atoms with Gasteiger partial charge in [0.15, 0.2) is 0 Å². The molecule has 4 rings (SSSR count). The minimum Gasteiger partial charge on any atom is -0.353 e. The third-order valence-corrected chi connectivity index (χ3v) is 5.54. The maximum atomic E-state index is 11.7. The zero-order chi connectivity index (χ0) is 20.2. The van der Waals surface area contributed by atoms with E-state index < -0.39 is 0 Å². The van der Waals surface area contributed by atoms with Gasteiger partial charge >= 0.3 is 0 Å². The van der Waals surface area contributed by atoms with Gasteiger partial charge in [-0.05, 0) is 42.5 Å². The molecule has 146 valence electrons. The van der Waals surface area contributed by atoms with Crippen LogP contribution in [0.2, 0.25) is 0 Å². The first-order valence-electron chi connectivity index (χ1n) is 9.98. The molecule has 2 aromatic carbocycles. The van der Waals surface area contributed by atoms with Gasteiger partial charge in [0.25, 0.3) is 0 Å². The third-order valence-electron chi connectivity index (χ3n) is 5.54. The Hall–Kier alpha value is -3.46. The first kappa shape index (κ1) is 18.9. The number of aromatic nitrogens is 3. The Morgan fingerprint density at radius 2 is 1.76 bits per heavy atom. The van der Waals surface area contributed by atoms with Crippen LogP contribution in [0.15, 0.2) is 54.7 Å². The molecular weight excluding hydrogens is 362 g/mol. The van der Waals surface area contributed by atoms with Crippen LogP contribution in [-0.4, -0.2) is 26.9 Å². The van der Waals surface area contributed by atoms with Crippen LogP contribution in [0.5, 0.6) is 0 Å². The number of nitriles is 1. The molecule has 1 heterocycles. The van der Waals surface area contributed by atoms with Gasteiger partial charge in [-0.3, -0.25) is 4.79 Å². The fraction of sp³-hybridized carbons (Fsp3) is 0.304. The Bertz CT molecular complexity index is 1030. The highest BCUT2D eigenvalue weighted by Crippen LogP contribution is 2.33. The SMILES string of the molecule is CCC(=O)N[C@H]1CC[C@@H](n2nncc2-c2ccc(-c3ccc(C#N)cc3)cc2)C1. The van der Waals surface area contributed by atoms with Crippen LogP contribution in [0.25, 0.3) is 22.4 Å². The molecule has 29 heavy (non-hydrogen) atoms. The highest BCUT2D eigenvalue weighted by molar-refractivity contribution is 5.75. The van der Waals surface area contributed by atoms with Gasteiger partial charge in [0.05, 0.1) is 29.6 Å². The van der Waals surface area contributed by atoms with Crippen molar-refractivity contribution in [2.24, 2.45) is 0 Å². The minimum atomic E-state index is 0.104. The van der Waals surface area contributed by atoms with E-state index >= 15 is 0 Å². The molecule has 0 bridgehead atoms. The number of carbonyl (C=O) groups is 1. The molecule has 2 atom stereocenters. The lowest BCUT2D eigenvalue weighted by atomic mass is 10.0. The summed E-state index contributed by atoms with van der Waals surface area (Å²) in [5.74, 6) is 0.104. The van der Waals surface area contributed by atoms with Crippen molar-refractivity contribution in [2.45, 2.75) is 44.7 Å². The van der Waals surface area contributed by atoms with Gasteiger partial charge in [-0.2, -0.15) is 5.26 Å². The van der Waals surface area contributed by atoms with E-state index in [4.69, 9.17) is 5.26 Å². The summed E-state index contributed by atoms with van der Waals surface area (Å²) in [6.45, 7) is 1.87. The van der Waals surface area contributed by atoms with Crippen LogP contribution in [0.4, 0.5) is 0 Å². The van der Waals surface area contributed by atoms with Crippen LogP contribution < -0.4 is 5.32 Å². The highest BCUT2D eigenvalue weighted by atomic mass is 16.1. The molecule has 0 spiro atoms. The number of rotatable bonds is 5. The van der Waals surface area contributed by atoms with Crippen molar-refractivity contribution < 1.29 is 4.79 Å². The Morgan fingerprint density at radius 1 is 1.10 bits per heavy atom. The average Bonchev–Trinajstić information content (AvgIpc) is 3.43. The van der Waals surface area contributed by atoms with Crippen molar-refractivity contribution in [1.82, 2.24) is 20.3 Å². The molecule has 0 saturated heterocycles. The average molecular weight is 385 g/mol. The zero-order valence-corrected chi connectivity index (χ0v) is 16.4. The maximum Gasteiger partial charge on any atom is 0.219 e. The monoisotopic (exact) mass is 385 g/mol. The van der Waals surface area contributed by atoms with Crippen molar-refractivity contribution in [3.63, 3.8) is 0 Å². The molecule has 1 fully saturated rings. The van der Waals surface area contributed by atoms with Crippen molar-refractivity contribution in [2.75, 3.05) is 0 Å². The topological polar surface area (TPSA) is 83.6 Å². The Balaban J connectivity index is 1.51. The third kappa shape index (κ3) is 4.04. The second kappa shape index (κ2) is 8.27. The molecule has 1 aliphatic carbocycles. The van der Waals surface area contributed by atoms with Gasteiger partial charge < -0.3 is 5.32 Å². The molecule has 0 unspecified atom stereocenters. The fourth-order valence-corrected chi connectivity index (χ4v) is 3.93. The number of carbonyl (C=O) groups excluding carboxylic acids is 1. The first-order chi connectivity index (χ1) is 14.2. The molecule has 1 aliphatic rings. The summed E-state index contributed by atoms with van der Waals surface area (Å²) in [7, 11) is 0. The molecule has 3 aromatic rings. The summed E-state index contributed by atoms with van der Waals surface area (Å²) in [4.78, 5) is 11.7. The Labute approximate surface area is 170 Å². The fourth-order valence-electron chi connectivity index (χ4n) is 3.93. The predicted octanol–water partition coefficient (Wildman–Crippen LogP) is 4.10. The van der Waals surface area contributed by atoms with E-state index in [1.165, 1.54) is 0 Å². The maximum absolute atomic E-state index is 11.7. The van der Waals surface area contributed by atoms with E-state index in [1.807, 2.05) is 35.9 Å². The number of nitrogens with one attached hydrogen (secondary N) is 1. The molecule has 1 amide bonds. The Kier molecular flexibility index (Phi) is 5.39. The van der Waals surface area contributed by atoms with Crippen LogP contribution in [0, 0.1) is 11.3 Å². The molecule has 0 aliphatic heterocycles. The molecule has 1 N–H and O–H groups in total. The number of hydrogen-bond donors (Lipinski definition) is 1. The van der Waals surface area contributed by atoms with Crippen molar-refractivity contribution in [3.05, 3.63) is 60.3 Å². The summed E-state index contributed by atoms with van der Waals surface area (Å²) in [6, 6.07) is 18.5. The number of nitrogens with zero attached hydrogens (tertiary/aromatic N) is 4. The van der Waals surface area contributed by atoms with Gasteiger partial charge in [-0.1, -0.05) is 48.5 Å². The van der Waals surface area contributed by atoms with Crippen LogP contribution in [0.1, 0.15) is 44.2 Å². The smallest absolute Gasteiger partial charge is 0.219 e. The van der Waals surface area contributed by atoms with E-state index in [9.17, 15) is 4.79 Å². The second-order valence-electron chi connectivity index (χ2n) is 7.42. The zero-order valence-electron chi connectivity index (χ0n) is 16.4. The standard InChI is InChI=1S/C23H23N5O/c1-2-23(29)26-20-11-12-21(13-20)28-22(15-25-27-28)19-9-7-18(8-10-19)17-5-3-16(14-24)4-6-17/h3-10,15,20-21H,2,11-13H2,1H3,(H,26,29)/t20-,21+/m0/s1. The van der Waals surface area contributed by atoms with Crippen molar-refractivity contribution in [1.29, 1.82) is 5.26 Å². The van der Waals surface area contributed by atoms with Crippen molar-refractivity contribution in [3.8, 4) is 28.5 Å². The minimum absolute atomic E-state index is 0.104. The second-order valence-corrected chi connectivity index (χ2v) is 7.42. The quantitative estimate of drug-likeness (QED) is 0.716. The number of benzene rings is 2. The molecule has 6 nitrogen and oxygen atoms in total. The van der Waals surface area contributed by atoms with Gasteiger partial charge in [-0.15, -0.1) is 5.10 Å². The molecule has 1 aromatic heterocycles. The lowest BCUT2D eigenvalue weighted by Crippen LogP contribution is -2.32. The van der Waals surface area contributed by atoms with Gasteiger partial charge in [0.2, 0.25) is 5.91 Å². The molecule has 6 heteroatoms. The van der Waals surface area contributed by atoms with E-state index in [-0.39, 0.29) is 18.0 Å². The van der Waals surface area contributed by atoms with Gasteiger partial charge in [0.1, 0.15) is 0 Å². The van der Waals surface area contributed by atoms with Gasteiger partial charge in [0, 0.05) is 18.0 Å². The van der Waals surface area contributed by atoms with Gasteiger partial charge in [-0.25, -0.2) is 4.68 Å². The largest absolute Gasteiger partial charge is 0.353 e. The number of amides is 1. The summed E-state index contributed by atoms with van der Waals surface area (Å²) in [5.41, 5.74) is 4.88. The van der Waals surface area contributed by atoms with E-state index in [0.717, 1.165) is 41.6 Å². The highest BCUT2D eigenvalue weighted by Gasteiger charge is 2.29. The van der Waals surface area contributed by atoms with E-state index in [1.54, 1.807) is 6.20 Å². The lowest BCUT2D eigenvalue weighted by molar-refractivity contribution is -0.121.